The third-order valence-electron chi connectivity index (χ3n) is 4.41. The standard InChI is InChI=1S/C22H22F4N2O7/c23-15-5-1-13(2-6-15)9-19(30)27-16-7-3-14(4-8-16)10-35-21(33)28-17(20(31)32)11-34-12-18(29)22(24,25)26/h1-8,17-18,29H,9-12H2,(H,27,30)(H,28,33)(H,31,32). The minimum atomic E-state index is -4.92. The lowest BCUT2D eigenvalue weighted by molar-refractivity contribution is -0.217. The average Bonchev–Trinajstić information content (AvgIpc) is 2.78. The summed E-state index contributed by atoms with van der Waals surface area (Å²) in [6.45, 7) is -2.30. The van der Waals surface area contributed by atoms with Crippen molar-refractivity contribution in [3.8, 4) is 0 Å². The van der Waals surface area contributed by atoms with Crippen molar-refractivity contribution >= 4 is 23.7 Å². The summed E-state index contributed by atoms with van der Waals surface area (Å²) in [5.41, 5.74) is 1.57. The summed E-state index contributed by atoms with van der Waals surface area (Å²) < 4.78 is 59.0. The van der Waals surface area contributed by atoms with Gasteiger partial charge in [0, 0.05) is 5.69 Å². The molecule has 13 heteroatoms. The molecule has 0 saturated carbocycles. The van der Waals surface area contributed by atoms with Crippen molar-refractivity contribution < 1.29 is 51.6 Å². The van der Waals surface area contributed by atoms with E-state index in [0.717, 1.165) is 0 Å². The molecule has 2 atom stereocenters. The number of nitrogens with one attached hydrogen (secondary N) is 2. The quantitative estimate of drug-likeness (QED) is 0.347. The Bertz CT molecular complexity index is 998. The Morgan fingerprint density at radius 2 is 1.54 bits per heavy atom. The molecule has 2 rings (SSSR count). The molecule has 2 unspecified atom stereocenters. The van der Waals surface area contributed by atoms with Crippen LogP contribution in [-0.2, 0) is 32.1 Å². The normalized spacial score (nSPS) is 12.9. The van der Waals surface area contributed by atoms with Crippen molar-refractivity contribution in [2.24, 2.45) is 0 Å². The number of rotatable bonds is 11. The summed E-state index contributed by atoms with van der Waals surface area (Å²) >= 11 is 0. The van der Waals surface area contributed by atoms with Crippen molar-refractivity contribution in [2.75, 3.05) is 18.5 Å². The summed E-state index contributed by atoms with van der Waals surface area (Å²) in [5, 5.41) is 22.5. The molecule has 35 heavy (non-hydrogen) atoms. The lowest BCUT2D eigenvalue weighted by Crippen LogP contribution is -2.45. The van der Waals surface area contributed by atoms with Gasteiger partial charge in [-0.1, -0.05) is 24.3 Å². The first-order chi connectivity index (χ1) is 16.4. The van der Waals surface area contributed by atoms with E-state index in [-0.39, 0.29) is 18.9 Å². The number of aliphatic carboxylic acids is 1. The number of anilines is 1. The predicted molar refractivity (Wildman–Crippen MR) is 113 cm³/mol. The first kappa shape index (κ1) is 27.5. The maximum Gasteiger partial charge on any atom is 0.416 e. The summed E-state index contributed by atoms with van der Waals surface area (Å²) in [7, 11) is 0. The highest BCUT2D eigenvalue weighted by molar-refractivity contribution is 5.92. The molecule has 9 nitrogen and oxygen atoms in total. The second-order valence-electron chi connectivity index (χ2n) is 7.25. The zero-order valence-corrected chi connectivity index (χ0v) is 18.0. The van der Waals surface area contributed by atoms with Crippen LogP contribution in [0.25, 0.3) is 0 Å². The molecular formula is C22H22F4N2O7. The van der Waals surface area contributed by atoms with Gasteiger partial charge in [0.05, 0.1) is 19.6 Å². The largest absolute Gasteiger partial charge is 0.480 e. The topological polar surface area (TPSA) is 134 Å². The number of carbonyl (C=O) groups excluding carboxylic acids is 2. The molecule has 4 N–H and O–H groups in total. The van der Waals surface area contributed by atoms with E-state index in [1.165, 1.54) is 36.4 Å². The van der Waals surface area contributed by atoms with Crippen LogP contribution in [0.15, 0.2) is 48.5 Å². The van der Waals surface area contributed by atoms with Crippen molar-refractivity contribution in [1.82, 2.24) is 5.32 Å². The number of halogens is 4. The van der Waals surface area contributed by atoms with Gasteiger partial charge in [0.2, 0.25) is 5.91 Å². The van der Waals surface area contributed by atoms with Crippen LogP contribution in [0.4, 0.5) is 28.0 Å². The number of ether oxygens (including phenoxy) is 2. The monoisotopic (exact) mass is 502 g/mol. The van der Waals surface area contributed by atoms with Crippen molar-refractivity contribution in [3.05, 3.63) is 65.5 Å². The summed E-state index contributed by atoms with van der Waals surface area (Å²) in [6, 6.07) is 9.93. The molecule has 0 bridgehead atoms. The molecule has 0 aliphatic carbocycles. The fraction of sp³-hybridized carbons (Fsp3) is 0.318. The van der Waals surface area contributed by atoms with Crippen molar-refractivity contribution in [1.29, 1.82) is 0 Å². The predicted octanol–water partition coefficient (Wildman–Crippen LogP) is 2.63. The van der Waals surface area contributed by atoms with Gasteiger partial charge in [0.25, 0.3) is 0 Å². The van der Waals surface area contributed by atoms with Crippen LogP contribution in [0, 0.1) is 5.82 Å². The van der Waals surface area contributed by atoms with Gasteiger partial charge in [-0.05, 0) is 35.4 Å². The molecule has 0 aliphatic heterocycles. The molecule has 190 valence electrons. The number of carboxylic acids is 1. The highest BCUT2D eigenvalue weighted by atomic mass is 19.4. The van der Waals surface area contributed by atoms with Crippen LogP contribution in [0.3, 0.4) is 0 Å². The average molecular weight is 502 g/mol. The minimum Gasteiger partial charge on any atom is -0.480 e. The van der Waals surface area contributed by atoms with E-state index in [2.05, 4.69) is 10.1 Å². The Hall–Kier alpha value is -3.71. The van der Waals surface area contributed by atoms with Gasteiger partial charge in [-0.3, -0.25) is 4.79 Å². The van der Waals surface area contributed by atoms with Crippen molar-refractivity contribution in [2.45, 2.75) is 31.3 Å². The molecule has 2 aromatic rings. The maximum atomic E-state index is 12.9. The number of alkyl carbamates (subject to hydrolysis) is 1. The SMILES string of the molecule is O=C(Cc1ccc(F)cc1)Nc1ccc(COC(=O)NC(COCC(O)C(F)(F)F)C(=O)O)cc1. The Morgan fingerprint density at radius 3 is 2.11 bits per heavy atom. The van der Waals surface area contributed by atoms with Crippen LogP contribution in [-0.4, -0.2) is 59.7 Å². The molecule has 0 aliphatic rings. The summed E-state index contributed by atoms with van der Waals surface area (Å²) in [5.74, 6) is -2.32. The first-order valence-corrected chi connectivity index (χ1v) is 10.1. The molecule has 0 fully saturated rings. The second-order valence-corrected chi connectivity index (χ2v) is 7.25. The van der Waals surface area contributed by atoms with Crippen molar-refractivity contribution in [3.63, 3.8) is 0 Å². The van der Waals surface area contributed by atoms with Gasteiger partial charge in [-0.15, -0.1) is 0 Å². The number of aliphatic hydroxyl groups excluding tert-OH is 1. The number of carboxylic acid groups (broad SMARTS) is 1. The van der Waals surface area contributed by atoms with Crippen LogP contribution in [0.1, 0.15) is 11.1 Å². The van der Waals surface area contributed by atoms with E-state index in [0.29, 0.717) is 16.8 Å². The highest BCUT2D eigenvalue weighted by Gasteiger charge is 2.38. The molecule has 0 saturated heterocycles. The number of carbonyl (C=O) groups is 3. The Morgan fingerprint density at radius 1 is 0.943 bits per heavy atom. The third-order valence-corrected chi connectivity index (χ3v) is 4.41. The number of alkyl halides is 3. The van der Waals surface area contributed by atoms with Gasteiger partial charge in [0.15, 0.2) is 12.1 Å². The third kappa shape index (κ3) is 9.98. The van der Waals surface area contributed by atoms with E-state index in [9.17, 15) is 31.9 Å². The smallest absolute Gasteiger partial charge is 0.416 e. The second kappa shape index (κ2) is 12.7. The molecular weight excluding hydrogens is 480 g/mol. The van der Waals surface area contributed by atoms with Gasteiger partial charge in [-0.2, -0.15) is 13.2 Å². The summed E-state index contributed by atoms with van der Waals surface area (Å²) in [4.78, 5) is 35.1. The Balaban J connectivity index is 1.77. The lowest BCUT2D eigenvalue weighted by atomic mass is 10.1. The molecule has 0 spiro atoms. The van der Waals surface area contributed by atoms with E-state index in [4.69, 9.17) is 14.9 Å². The van der Waals surface area contributed by atoms with Crippen LogP contribution < -0.4 is 10.6 Å². The van der Waals surface area contributed by atoms with E-state index >= 15 is 0 Å². The molecule has 2 amide bonds. The van der Waals surface area contributed by atoms with Crippen LogP contribution >= 0.6 is 0 Å². The zero-order valence-electron chi connectivity index (χ0n) is 18.0. The van der Waals surface area contributed by atoms with Crippen LogP contribution in [0.5, 0.6) is 0 Å². The van der Waals surface area contributed by atoms with Crippen LogP contribution in [0.2, 0.25) is 0 Å². The molecule has 0 radical (unpaired) electrons. The molecule has 0 aromatic heterocycles. The van der Waals surface area contributed by atoms with Gasteiger partial charge in [0.1, 0.15) is 12.4 Å². The Labute approximate surface area is 196 Å². The van der Waals surface area contributed by atoms with E-state index in [1.54, 1.807) is 12.1 Å². The number of hydrogen-bond acceptors (Lipinski definition) is 6. The van der Waals surface area contributed by atoms with E-state index < -0.39 is 49.4 Å². The molecule has 0 heterocycles. The maximum absolute atomic E-state index is 12.9. The number of benzene rings is 2. The van der Waals surface area contributed by atoms with Gasteiger partial charge in [-0.25, -0.2) is 14.0 Å². The fourth-order valence-electron chi connectivity index (χ4n) is 2.58. The number of amides is 2. The van der Waals surface area contributed by atoms with Gasteiger partial charge < -0.3 is 30.3 Å². The fourth-order valence-corrected chi connectivity index (χ4v) is 2.58. The van der Waals surface area contributed by atoms with E-state index in [1.807, 2.05) is 5.32 Å². The molecule has 2 aromatic carbocycles. The van der Waals surface area contributed by atoms with Gasteiger partial charge >= 0.3 is 18.2 Å². The summed E-state index contributed by atoms with van der Waals surface area (Å²) in [6.07, 6.45) is -8.84. The highest BCUT2D eigenvalue weighted by Crippen LogP contribution is 2.20. The number of hydrogen-bond donors (Lipinski definition) is 4. The number of aliphatic hydroxyl groups is 1. The lowest BCUT2D eigenvalue weighted by Gasteiger charge is -2.18. The Kier molecular flexibility index (Phi) is 9.97. The minimum absolute atomic E-state index is 0.0366. The first-order valence-electron chi connectivity index (χ1n) is 10.1. The zero-order chi connectivity index (χ0) is 26.0.